The van der Waals surface area contributed by atoms with Gasteiger partial charge in [-0.05, 0) is 6.07 Å². The van der Waals surface area contributed by atoms with E-state index in [9.17, 15) is 10.1 Å². The first-order valence-corrected chi connectivity index (χ1v) is 8.18. The predicted molar refractivity (Wildman–Crippen MR) is 85.1 cm³/mol. The summed E-state index contributed by atoms with van der Waals surface area (Å²) in [6.45, 7) is 4.75. The molecule has 0 amide bonds. The van der Waals surface area contributed by atoms with Gasteiger partial charge in [0.2, 0.25) is 0 Å². The minimum Gasteiger partial charge on any atom is -0.496 e. The second kappa shape index (κ2) is 8.21. The molecule has 2 rings (SSSR count). The molecule has 0 bridgehead atoms. The summed E-state index contributed by atoms with van der Waals surface area (Å²) in [7, 11) is 1.58. The Hall–Kier alpha value is -1.31. The smallest absolute Gasteiger partial charge is 0.270 e. The molecule has 1 N–H and O–H groups in total. The monoisotopic (exact) mass is 311 g/mol. The molecule has 0 radical (unpaired) electrons. The van der Waals surface area contributed by atoms with Gasteiger partial charge < -0.3 is 15.0 Å². The van der Waals surface area contributed by atoms with E-state index in [1.165, 1.54) is 17.6 Å². The summed E-state index contributed by atoms with van der Waals surface area (Å²) < 4.78 is 5.25. The van der Waals surface area contributed by atoms with Gasteiger partial charge in [-0.1, -0.05) is 0 Å². The van der Waals surface area contributed by atoms with Crippen LogP contribution in [0.1, 0.15) is 5.56 Å². The Morgan fingerprint density at radius 3 is 2.86 bits per heavy atom. The minimum atomic E-state index is -0.381. The molecule has 0 saturated carbocycles. The van der Waals surface area contributed by atoms with Crippen LogP contribution in [0.5, 0.6) is 5.75 Å². The molecule has 0 aromatic heterocycles. The molecule has 1 aromatic rings. The molecule has 1 heterocycles. The molecular weight excluding hydrogens is 290 g/mol. The van der Waals surface area contributed by atoms with E-state index in [4.69, 9.17) is 4.74 Å². The topological polar surface area (TPSA) is 67.6 Å². The van der Waals surface area contributed by atoms with E-state index < -0.39 is 0 Å². The van der Waals surface area contributed by atoms with Crippen molar-refractivity contribution in [3.05, 3.63) is 33.9 Å². The number of non-ortho nitro benzene ring substituents is 1. The fraction of sp³-hybridized carbons (Fsp3) is 0.571. The molecule has 0 atom stereocenters. The average Bonchev–Trinajstić information content (AvgIpc) is 2.52. The van der Waals surface area contributed by atoms with E-state index in [-0.39, 0.29) is 10.6 Å². The highest BCUT2D eigenvalue weighted by atomic mass is 32.2. The molecule has 21 heavy (non-hydrogen) atoms. The van der Waals surface area contributed by atoms with E-state index >= 15 is 0 Å². The molecule has 1 fully saturated rings. The fourth-order valence-corrected chi connectivity index (χ4v) is 3.28. The predicted octanol–water partition coefficient (Wildman–Crippen LogP) is 1.74. The zero-order chi connectivity index (χ0) is 15.1. The highest BCUT2D eigenvalue weighted by Crippen LogP contribution is 2.23. The first kappa shape index (κ1) is 16.1. The maximum absolute atomic E-state index is 10.8. The van der Waals surface area contributed by atoms with Gasteiger partial charge in [0.1, 0.15) is 5.75 Å². The number of hydrogen-bond acceptors (Lipinski definition) is 6. The van der Waals surface area contributed by atoms with Gasteiger partial charge in [-0.25, -0.2) is 0 Å². The minimum absolute atomic E-state index is 0.0978. The van der Waals surface area contributed by atoms with E-state index in [2.05, 4.69) is 10.2 Å². The number of ether oxygens (including phenoxy) is 1. The number of methoxy groups -OCH3 is 1. The third-order valence-electron chi connectivity index (χ3n) is 3.50. The summed E-state index contributed by atoms with van der Waals surface area (Å²) in [6, 6.07) is 4.69. The van der Waals surface area contributed by atoms with Gasteiger partial charge in [0.05, 0.1) is 12.0 Å². The summed E-state index contributed by atoms with van der Waals surface area (Å²) in [5.41, 5.74) is 0.918. The second-order valence-electron chi connectivity index (χ2n) is 4.88. The normalized spacial score (nSPS) is 15.9. The Morgan fingerprint density at radius 2 is 2.19 bits per heavy atom. The largest absolute Gasteiger partial charge is 0.496 e. The molecule has 6 nitrogen and oxygen atoms in total. The van der Waals surface area contributed by atoms with Crippen molar-refractivity contribution in [3.63, 3.8) is 0 Å². The number of nitro benzene ring substituents is 1. The lowest BCUT2D eigenvalue weighted by Crippen LogP contribution is -2.37. The molecule has 0 unspecified atom stereocenters. The first-order chi connectivity index (χ1) is 10.2. The van der Waals surface area contributed by atoms with E-state index in [0.717, 1.165) is 31.7 Å². The Kier molecular flexibility index (Phi) is 6.28. The summed E-state index contributed by atoms with van der Waals surface area (Å²) in [5.74, 6) is 3.10. The molecule has 1 aliphatic heterocycles. The Balaban J connectivity index is 1.83. The number of rotatable bonds is 7. The van der Waals surface area contributed by atoms with Crippen molar-refractivity contribution in [2.45, 2.75) is 6.54 Å². The van der Waals surface area contributed by atoms with Gasteiger partial charge >= 0.3 is 0 Å². The number of nitrogens with zero attached hydrogens (tertiary/aromatic N) is 2. The number of thioether (sulfide) groups is 1. The van der Waals surface area contributed by atoms with Crippen LogP contribution in [-0.4, -0.2) is 54.6 Å². The first-order valence-electron chi connectivity index (χ1n) is 7.03. The summed E-state index contributed by atoms with van der Waals surface area (Å²) in [6.07, 6.45) is 0. The van der Waals surface area contributed by atoms with Crippen molar-refractivity contribution >= 4 is 17.4 Å². The van der Waals surface area contributed by atoms with E-state index in [1.807, 2.05) is 11.8 Å². The molecule has 1 aromatic carbocycles. The summed E-state index contributed by atoms with van der Waals surface area (Å²) in [5, 5.41) is 14.2. The lowest BCUT2D eigenvalue weighted by molar-refractivity contribution is -0.384. The van der Waals surface area contributed by atoms with Crippen LogP contribution in [0.15, 0.2) is 18.2 Å². The standard InChI is InChI=1S/C14H21N3O3S/c1-20-14-3-2-13(17(18)19)10-12(14)11-15-4-5-16-6-8-21-9-7-16/h2-3,10,15H,4-9,11H2,1H3. The van der Waals surface area contributed by atoms with Crippen molar-refractivity contribution in [2.24, 2.45) is 0 Å². The van der Waals surface area contributed by atoms with Crippen LogP contribution in [0.25, 0.3) is 0 Å². The molecule has 1 aliphatic rings. The zero-order valence-corrected chi connectivity index (χ0v) is 13.0. The molecular formula is C14H21N3O3S. The molecule has 116 valence electrons. The maximum Gasteiger partial charge on any atom is 0.270 e. The van der Waals surface area contributed by atoms with Crippen LogP contribution in [0.4, 0.5) is 5.69 Å². The number of benzene rings is 1. The van der Waals surface area contributed by atoms with E-state index in [1.54, 1.807) is 19.2 Å². The maximum atomic E-state index is 10.8. The third kappa shape index (κ3) is 4.87. The van der Waals surface area contributed by atoms with Crippen LogP contribution in [0, 0.1) is 10.1 Å². The van der Waals surface area contributed by atoms with Crippen molar-refractivity contribution in [1.82, 2.24) is 10.2 Å². The highest BCUT2D eigenvalue weighted by Gasteiger charge is 2.12. The van der Waals surface area contributed by atoms with Gasteiger partial charge in [0, 0.05) is 61.9 Å². The van der Waals surface area contributed by atoms with Crippen LogP contribution in [0.2, 0.25) is 0 Å². The van der Waals surface area contributed by atoms with Crippen LogP contribution >= 0.6 is 11.8 Å². The van der Waals surface area contributed by atoms with Crippen LogP contribution in [-0.2, 0) is 6.54 Å². The van der Waals surface area contributed by atoms with E-state index in [0.29, 0.717) is 12.3 Å². The highest BCUT2D eigenvalue weighted by molar-refractivity contribution is 7.99. The van der Waals surface area contributed by atoms with Crippen molar-refractivity contribution in [2.75, 3.05) is 44.8 Å². The molecule has 0 aliphatic carbocycles. The van der Waals surface area contributed by atoms with Gasteiger partial charge in [0.15, 0.2) is 0 Å². The second-order valence-corrected chi connectivity index (χ2v) is 6.11. The Morgan fingerprint density at radius 1 is 1.43 bits per heavy atom. The number of nitro groups is 1. The molecule has 0 spiro atoms. The van der Waals surface area contributed by atoms with Crippen molar-refractivity contribution in [3.8, 4) is 5.75 Å². The fourth-order valence-electron chi connectivity index (χ4n) is 2.30. The molecule has 7 heteroatoms. The zero-order valence-electron chi connectivity index (χ0n) is 12.2. The van der Waals surface area contributed by atoms with Gasteiger partial charge in [-0.15, -0.1) is 0 Å². The number of hydrogen-bond donors (Lipinski definition) is 1. The van der Waals surface area contributed by atoms with Crippen LogP contribution in [0.3, 0.4) is 0 Å². The quantitative estimate of drug-likeness (QED) is 0.470. The SMILES string of the molecule is COc1ccc([N+](=O)[O-])cc1CNCCN1CCSCC1. The van der Waals surface area contributed by atoms with Crippen LogP contribution < -0.4 is 10.1 Å². The van der Waals surface area contributed by atoms with Crippen molar-refractivity contribution < 1.29 is 9.66 Å². The lowest BCUT2D eigenvalue weighted by Gasteiger charge is -2.26. The Bertz CT molecular complexity index is 479. The van der Waals surface area contributed by atoms with Gasteiger partial charge in [-0.3, -0.25) is 10.1 Å². The summed E-state index contributed by atoms with van der Waals surface area (Å²) in [4.78, 5) is 12.9. The van der Waals surface area contributed by atoms with Crippen molar-refractivity contribution in [1.29, 1.82) is 0 Å². The van der Waals surface area contributed by atoms with Gasteiger partial charge in [0.25, 0.3) is 5.69 Å². The average molecular weight is 311 g/mol. The lowest BCUT2D eigenvalue weighted by atomic mass is 10.1. The van der Waals surface area contributed by atoms with Gasteiger partial charge in [-0.2, -0.15) is 11.8 Å². The number of nitrogens with one attached hydrogen (secondary N) is 1. The molecule has 1 saturated heterocycles. The Labute approximate surface area is 129 Å². The summed E-state index contributed by atoms with van der Waals surface area (Å²) >= 11 is 2.00. The third-order valence-corrected chi connectivity index (χ3v) is 4.44.